The standard InChI is InChI=1S/C13H21ClN2O3/c1-4-9(5-2)11(14)7-15-13(17)12-6-10(8-18-3)19-16-12/h6,9,11H,4-5,7-8H2,1-3H3,(H,15,17). The van der Waals surface area contributed by atoms with Crippen LogP contribution in [0.5, 0.6) is 0 Å². The third-order valence-electron chi connectivity index (χ3n) is 3.10. The fourth-order valence-electron chi connectivity index (χ4n) is 1.88. The molecule has 19 heavy (non-hydrogen) atoms. The number of halogens is 1. The number of rotatable bonds is 8. The van der Waals surface area contributed by atoms with Crippen molar-refractivity contribution >= 4 is 17.5 Å². The highest BCUT2D eigenvalue weighted by Gasteiger charge is 2.18. The molecule has 0 saturated heterocycles. The largest absolute Gasteiger partial charge is 0.377 e. The molecule has 0 aliphatic heterocycles. The van der Waals surface area contributed by atoms with Gasteiger partial charge in [0, 0.05) is 19.7 Å². The van der Waals surface area contributed by atoms with Gasteiger partial charge >= 0.3 is 0 Å². The van der Waals surface area contributed by atoms with Crippen LogP contribution in [0.25, 0.3) is 0 Å². The van der Waals surface area contributed by atoms with Crippen molar-refractivity contribution in [3.8, 4) is 0 Å². The van der Waals surface area contributed by atoms with E-state index in [1.54, 1.807) is 13.2 Å². The predicted molar refractivity (Wildman–Crippen MR) is 73.3 cm³/mol. The van der Waals surface area contributed by atoms with Gasteiger partial charge in [-0.05, 0) is 5.92 Å². The van der Waals surface area contributed by atoms with E-state index in [1.807, 2.05) is 0 Å². The molecule has 0 bridgehead atoms. The van der Waals surface area contributed by atoms with Crippen LogP contribution < -0.4 is 5.32 Å². The zero-order valence-electron chi connectivity index (χ0n) is 11.6. The van der Waals surface area contributed by atoms with Crippen molar-refractivity contribution in [2.75, 3.05) is 13.7 Å². The van der Waals surface area contributed by atoms with Crippen LogP contribution in [0.15, 0.2) is 10.6 Å². The van der Waals surface area contributed by atoms with Crippen molar-refractivity contribution in [2.45, 2.75) is 38.7 Å². The SMILES string of the molecule is CCC(CC)C(Cl)CNC(=O)c1cc(COC)on1. The number of nitrogens with zero attached hydrogens (tertiary/aromatic N) is 1. The Labute approximate surface area is 118 Å². The summed E-state index contributed by atoms with van der Waals surface area (Å²) in [6.45, 7) is 4.92. The topological polar surface area (TPSA) is 64.4 Å². The van der Waals surface area contributed by atoms with Crippen molar-refractivity contribution in [3.63, 3.8) is 0 Å². The molecule has 108 valence electrons. The molecule has 1 aromatic heterocycles. The fourth-order valence-corrected chi connectivity index (χ4v) is 2.31. The number of amides is 1. The summed E-state index contributed by atoms with van der Waals surface area (Å²) >= 11 is 6.26. The first-order chi connectivity index (χ1) is 9.12. The second kappa shape index (κ2) is 8.17. The Morgan fingerprint density at radius 3 is 2.79 bits per heavy atom. The van der Waals surface area contributed by atoms with Crippen molar-refractivity contribution in [1.82, 2.24) is 10.5 Å². The van der Waals surface area contributed by atoms with Gasteiger partial charge in [-0.1, -0.05) is 31.8 Å². The molecule has 1 N–H and O–H groups in total. The molecule has 0 fully saturated rings. The molecule has 1 heterocycles. The van der Waals surface area contributed by atoms with Crippen LogP contribution in [-0.4, -0.2) is 30.1 Å². The Balaban J connectivity index is 2.45. The number of hydrogen-bond acceptors (Lipinski definition) is 4. The predicted octanol–water partition coefficient (Wildman–Crippen LogP) is 2.59. The number of ether oxygens (including phenoxy) is 1. The van der Waals surface area contributed by atoms with Crippen LogP contribution in [-0.2, 0) is 11.3 Å². The highest BCUT2D eigenvalue weighted by molar-refractivity contribution is 6.21. The maximum absolute atomic E-state index is 11.8. The quantitative estimate of drug-likeness (QED) is 0.747. The smallest absolute Gasteiger partial charge is 0.273 e. The van der Waals surface area contributed by atoms with Gasteiger partial charge in [-0.2, -0.15) is 0 Å². The fraction of sp³-hybridized carbons (Fsp3) is 0.692. The van der Waals surface area contributed by atoms with E-state index >= 15 is 0 Å². The first kappa shape index (κ1) is 16.0. The van der Waals surface area contributed by atoms with E-state index in [0.29, 0.717) is 24.8 Å². The van der Waals surface area contributed by atoms with E-state index in [4.69, 9.17) is 20.9 Å². The molecular formula is C13H21ClN2O3. The van der Waals surface area contributed by atoms with Crippen LogP contribution in [0.1, 0.15) is 42.9 Å². The lowest BCUT2D eigenvalue weighted by atomic mass is 9.99. The molecule has 0 aromatic carbocycles. The molecule has 0 aliphatic carbocycles. The number of aromatic nitrogens is 1. The molecule has 1 rings (SSSR count). The summed E-state index contributed by atoms with van der Waals surface area (Å²) in [7, 11) is 1.55. The van der Waals surface area contributed by atoms with Crippen LogP contribution in [0.2, 0.25) is 0 Å². The Morgan fingerprint density at radius 1 is 1.53 bits per heavy atom. The van der Waals surface area contributed by atoms with Gasteiger partial charge in [0.2, 0.25) is 0 Å². The average Bonchev–Trinajstić information content (AvgIpc) is 2.86. The Bertz CT molecular complexity index is 391. The summed E-state index contributed by atoms with van der Waals surface area (Å²) in [6, 6.07) is 1.57. The summed E-state index contributed by atoms with van der Waals surface area (Å²) < 4.78 is 9.85. The molecule has 1 unspecified atom stereocenters. The highest BCUT2D eigenvalue weighted by atomic mass is 35.5. The first-order valence-corrected chi connectivity index (χ1v) is 6.92. The zero-order valence-corrected chi connectivity index (χ0v) is 12.4. The number of methoxy groups -OCH3 is 1. The third kappa shape index (κ3) is 4.84. The minimum Gasteiger partial charge on any atom is -0.377 e. The second-order valence-corrected chi connectivity index (χ2v) is 4.97. The van der Waals surface area contributed by atoms with Gasteiger partial charge in [0.1, 0.15) is 6.61 Å². The van der Waals surface area contributed by atoms with Crippen molar-refractivity contribution in [1.29, 1.82) is 0 Å². The number of nitrogens with one attached hydrogen (secondary N) is 1. The summed E-state index contributed by atoms with van der Waals surface area (Å²) in [4.78, 5) is 11.8. The van der Waals surface area contributed by atoms with Crippen molar-refractivity contribution in [2.24, 2.45) is 5.92 Å². The van der Waals surface area contributed by atoms with E-state index in [-0.39, 0.29) is 17.0 Å². The summed E-state index contributed by atoms with van der Waals surface area (Å²) in [5.74, 6) is 0.654. The van der Waals surface area contributed by atoms with Crippen LogP contribution in [0.3, 0.4) is 0 Å². The third-order valence-corrected chi connectivity index (χ3v) is 3.61. The van der Waals surface area contributed by atoms with Gasteiger partial charge in [-0.3, -0.25) is 4.79 Å². The highest BCUT2D eigenvalue weighted by Crippen LogP contribution is 2.17. The summed E-state index contributed by atoms with van der Waals surface area (Å²) in [5, 5.41) is 6.39. The van der Waals surface area contributed by atoms with Crippen LogP contribution >= 0.6 is 11.6 Å². The Kier molecular flexibility index (Phi) is 6.87. The molecule has 0 aliphatic rings. The lowest BCUT2D eigenvalue weighted by Gasteiger charge is -2.19. The van der Waals surface area contributed by atoms with Gasteiger partial charge in [-0.25, -0.2) is 0 Å². The molecule has 1 aromatic rings. The van der Waals surface area contributed by atoms with Crippen LogP contribution in [0, 0.1) is 5.92 Å². The normalized spacial score (nSPS) is 12.7. The number of alkyl halides is 1. The van der Waals surface area contributed by atoms with Gasteiger partial charge in [-0.15, -0.1) is 11.6 Å². The molecule has 1 atom stereocenters. The summed E-state index contributed by atoms with van der Waals surface area (Å²) in [6.07, 6.45) is 2.00. The van der Waals surface area contributed by atoms with Gasteiger partial charge < -0.3 is 14.6 Å². The molecule has 5 nitrogen and oxygen atoms in total. The Morgan fingerprint density at radius 2 is 2.21 bits per heavy atom. The number of carbonyl (C=O) groups excluding carboxylic acids is 1. The van der Waals surface area contributed by atoms with E-state index < -0.39 is 0 Å². The van der Waals surface area contributed by atoms with Crippen molar-refractivity contribution in [3.05, 3.63) is 17.5 Å². The molecule has 0 spiro atoms. The van der Waals surface area contributed by atoms with E-state index in [1.165, 1.54) is 0 Å². The average molecular weight is 289 g/mol. The monoisotopic (exact) mass is 288 g/mol. The zero-order chi connectivity index (χ0) is 14.3. The molecule has 0 saturated carbocycles. The lowest BCUT2D eigenvalue weighted by Crippen LogP contribution is -2.33. The maximum atomic E-state index is 11.8. The Hall–Kier alpha value is -1.07. The van der Waals surface area contributed by atoms with Gasteiger partial charge in [0.25, 0.3) is 5.91 Å². The maximum Gasteiger partial charge on any atom is 0.273 e. The van der Waals surface area contributed by atoms with E-state index in [9.17, 15) is 4.79 Å². The van der Waals surface area contributed by atoms with Crippen LogP contribution in [0.4, 0.5) is 0 Å². The number of carbonyl (C=O) groups is 1. The second-order valence-electron chi connectivity index (χ2n) is 4.41. The minimum absolute atomic E-state index is 0.0655. The molecule has 0 radical (unpaired) electrons. The molecule has 6 heteroatoms. The molecule has 1 amide bonds. The van der Waals surface area contributed by atoms with Gasteiger partial charge in [0.05, 0.1) is 5.38 Å². The number of hydrogen-bond donors (Lipinski definition) is 1. The molecular weight excluding hydrogens is 268 g/mol. The summed E-state index contributed by atoms with van der Waals surface area (Å²) in [5.41, 5.74) is 0.250. The van der Waals surface area contributed by atoms with Crippen molar-refractivity contribution < 1.29 is 14.1 Å². The van der Waals surface area contributed by atoms with Gasteiger partial charge in [0.15, 0.2) is 11.5 Å². The van der Waals surface area contributed by atoms with E-state index in [0.717, 1.165) is 12.8 Å². The lowest BCUT2D eigenvalue weighted by molar-refractivity contribution is 0.0941. The van der Waals surface area contributed by atoms with E-state index in [2.05, 4.69) is 24.3 Å². The minimum atomic E-state index is -0.275. The first-order valence-electron chi connectivity index (χ1n) is 6.49.